The molecule has 0 bridgehead atoms. The molecule has 1 fully saturated rings. The molecule has 30 heavy (non-hydrogen) atoms. The number of benzene rings is 2. The minimum atomic E-state index is -3.42. The van der Waals surface area contributed by atoms with Crippen molar-refractivity contribution in [3.8, 4) is 5.75 Å². The van der Waals surface area contributed by atoms with Crippen molar-refractivity contribution in [3.05, 3.63) is 54.1 Å². The predicted octanol–water partition coefficient (Wildman–Crippen LogP) is 4.09. The van der Waals surface area contributed by atoms with Gasteiger partial charge in [-0.05, 0) is 50.3 Å². The molecule has 0 spiro atoms. The Labute approximate surface area is 178 Å². The third kappa shape index (κ3) is 5.66. The Kier molecular flexibility index (Phi) is 7.20. The average Bonchev–Trinajstić information content (AvgIpc) is 2.75. The molecule has 0 aliphatic carbocycles. The van der Waals surface area contributed by atoms with Gasteiger partial charge in [0.15, 0.2) is 0 Å². The second kappa shape index (κ2) is 9.84. The van der Waals surface area contributed by atoms with Crippen molar-refractivity contribution in [2.75, 3.05) is 29.4 Å². The second-order valence-electron chi connectivity index (χ2n) is 7.38. The van der Waals surface area contributed by atoms with Crippen molar-refractivity contribution in [1.82, 2.24) is 4.90 Å². The maximum absolute atomic E-state index is 13.0. The van der Waals surface area contributed by atoms with Crippen molar-refractivity contribution in [3.63, 3.8) is 0 Å². The lowest BCUT2D eigenvalue weighted by Crippen LogP contribution is -2.46. The summed E-state index contributed by atoms with van der Waals surface area (Å²) in [5.74, 6) is 0.316. The maximum atomic E-state index is 13.0. The molecule has 1 aliphatic rings. The molecule has 3 rings (SSSR count). The fourth-order valence-corrected chi connectivity index (χ4v) is 4.30. The molecule has 2 amide bonds. The Morgan fingerprint density at radius 3 is 2.63 bits per heavy atom. The largest absolute Gasteiger partial charge is 0.494 e. The summed E-state index contributed by atoms with van der Waals surface area (Å²) in [7, 11) is -1.96. The summed E-state index contributed by atoms with van der Waals surface area (Å²) in [6.45, 7) is 2.28. The highest BCUT2D eigenvalue weighted by Crippen LogP contribution is 2.29. The van der Waals surface area contributed by atoms with Crippen molar-refractivity contribution in [1.29, 1.82) is 0 Å². The summed E-state index contributed by atoms with van der Waals surface area (Å²) in [5, 5.41) is 2.94. The molecule has 2 aromatic carbocycles. The van der Waals surface area contributed by atoms with Crippen LogP contribution in [-0.2, 0) is 16.4 Å². The number of carbonyl (C=O) groups excluding carboxylic acids is 1. The van der Waals surface area contributed by atoms with E-state index in [0.29, 0.717) is 17.1 Å². The first-order chi connectivity index (χ1) is 14.4. The lowest BCUT2D eigenvalue weighted by molar-refractivity contribution is 0.162. The maximum Gasteiger partial charge on any atom is 0.322 e. The van der Waals surface area contributed by atoms with E-state index < -0.39 is 10.0 Å². The molecule has 1 saturated heterocycles. The van der Waals surface area contributed by atoms with Gasteiger partial charge < -0.3 is 15.0 Å². The van der Waals surface area contributed by atoms with Crippen molar-refractivity contribution in [2.45, 2.75) is 38.6 Å². The first kappa shape index (κ1) is 22.0. The fraction of sp³-hybridized carbons (Fsp3) is 0.409. The number of methoxy groups -OCH3 is 1. The molecular weight excluding hydrogens is 402 g/mol. The van der Waals surface area contributed by atoms with Crippen LogP contribution in [0, 0.1) is 0 Å². The molecule has 2 N–H and O–H groups in total. The molecule has 1 unspecified atom stereocenters. The zero-order valence-electron chi connectivity index (χ0n) is 17.4. The smallest absolute Gasteiger partial charge is 0.322 e. The van der Waals surface area contributed by atoms with Crippen LogP contribution in [0.5, 0.6) is 5.75 Å². The van der Waals surface area contributed by atoms with Gasteiger partial charge >= 0.3 is 6.03 Å². The molecular formula is C22H29N3O4S. The van der Waals surface area contributed by atoms with Crippen LogP contribution in [0.3, 0.4) is 0 Å². The predicted molar refractivity (Wildman–Crippen MR) is 120 cm³/mol. The molecule has 8 heteroatoms. The van der Waals surface area contributed by atoms with Gasteiger partial charge in [-0.25, -0.2) is 13.2 Å². The standard InChI is InChI=1S/C22H29N3O4S/c1-3-30(27,28)24-20-13-12-18(16-21(20)29-2)23-22(26)25-14-8-7-11-19(25)15-17-9-5-4-6-10-17/h4-6,9-10,12-13,16,19,24H,3,7-8,11,14-15H2,1-2H3,(H,23,26). The number of nitrogens with one attached hydrogen (secondary N) is 2. The molecule has 1 heterocycles. The second-order valence-corrected chi connectivity index (χ2v) is 9.39. The number of hydrogen-bond donors (Lipinski definition) is 2. The van der Waals surface area contributed by atoms with E-state index in [1.807, 2.05) is 23.1 Å². The third-order valence-corrected chi connectivity index (χ3v) is 6.59. The summed E-state index contributed by atoms with van der Waals surface area (Å²) in [5.41, 5.74) is 2.12. The third-order valence-electron chi connectivity index (χ3n) is 5.30. The van der Waals surface area contributed by atoms with Gasteiger partial charge in [-0.1, -0.05) is 30.3 Å². The Morgan fingerprint density at radius 2 is 1.93 bits per heavy atom. The van der Waals surface area contributed by atoms with Gasteiger partial charge in [0.2, 0.25) is 10.0 Å². The highest BCUT2D eigenvalue weighted by atomic mass is 32.2. The van der Waals surface area contributed by atoms with Gasteiger partial charge in [-0.2, -0.15) is 0 Å². The number of nitrogens with zero attached hydrogens (tertiary/aromatic N) is 1. The Hall–Kier alpha value is -2.74. The van der Waals surface area contributed by atoms with Crippen LogP contribution in [0.15, 0.2) is 48.5 Å². The molecule has 0 saturated carbocycles. The van der Waals surface area contributed by atoms with Crippen LogP contribution in [0.1, 0.15) is 31.7 Å². The van der Waals surface area contributed by atoms with E-state index in [4.69, 9.17) is 4.74 Å². The highest BCUT2D eigenvalue weighted by molar-refractivity contribution is 7.92. The Balaban J connectivity index is 1.72. The van der Waals surface area contributed by atoms with Gasteiger partial charge in [0, 0.05) is 24.3 Å². The lowest BCUT2D eigenvalue weighted by Gasteiger charge is -2.36. The normalized spacial score (nSPS) is 16.7. The van der Waals surface area contributed by atoms with Crippen LogP contribution in [0.25, 0.3) is 0 Å². The van der Waals surface area contributed by atoms with E-state index in [2.05, 4.69) is 22.2 Å². The van der Waals surface area contributed by atoms with E-state index in [0.717, 1.165) is 32.2 Å². The fourth-order valence-electron chi connectivity index (χ4n) is 3.65. The molecule has 1 atom stereocenters. The number of rotatable bonds is 7. The zero-order chi connectivity index (χ0) is 21.6. The molecule has 7 nitrogen and oxygen atoms in total. The number of anilines is 2. The number of hydrogen-bond acceptors (Lipinski definition) is 4. The highest BCUT2D eigenvalue weighted by Gasteiger charge is 2.27. The van der Waals surface area contributed by atoms with E-state index in [1.54, 1.807) is 25.1 Å². The summed E-state index contributed by atoms with van der Waals surface area (Å²) >= 11 is 0. The summed E-state index contributed by atoms with van der Waals surface area (Å²) in [4.78, 5) is 14.9. The van der Waals surface area contributed by atoms with E-state index >= 15 is 0 Å². The van der Waals surface area contributed by atoms with Crippen LogP contribution in [0.4, 0.5) is 16.2 Å². The molecule has 2 aromatic rings. The molecule has 0 radical (unpaired) electrons. The zero-order valence-corrected chi connectivity index (χ0v) is 18.2. The number of urea groups is 1. The SMILES string of the molecule is CCS(=O)(=O)Nc1ccc(NC(=O)N2CCCCC2Cc2ccccc2)cc1OC. The topological polar surface area (TPSA) is 87.7 Å². The summed E-state index contributed by atoms with van der Waals surface area (Å²) in [6, 6.07) is 15.1. The number of piperidine rings is 1. The summed E-state index contributed by atoms with van der Waals surface area (Å²) < 4.78 is 31.5. The Morgan fingerprint density at radius 1 is 1.17 bits per heavy atom. The van der Waals surface area contributed by atoms with Crippen molar-refractivity contribution in [2.24, 2.45) is 0 Å². The van der Waals surface area contributed by atoms with E-state index in [-0.39, 0.29) is 17.8 Å². The van der Waals surface area contributed by atoms with Crippen LogP contribution in [-0.4, -0.2) is 44.8 Å². The first-order valence-electron chi connectivity index (χ1n) is 10.2. The molecule has 1 aliphatic heterocycles. The van der Waals surface area contributed by atoms with E-state index in [1.165, 1.54) is 12.7 Å². The van der Waals surface area contributed by atoms with Crippen LogP contribution in [0.2, 0.25) is 0 Å². The summed E-state index contributed by atoms with van der Waals surface area (Å²) in [6.07, 6.45) is 3.90. The molecule has 0 aromatic heterocycles. The van der Waals surface area contributed by atoms with E-state index in [9.17, 15) is 13.2 Å². The van der Waals surface area contributed by atoms with Crippen LogP contribution < -0.4 is 14.8 Å². The first-order valence-corrected chi connectivity index (χ1v) is 11.9. The monoisotopic (exact) mass is 431 g/mol. The Bertz CT molecular complexity index is 964. The molecule has 162 valence electrons. The van der Waals surface area contributed by atoms with Crippen molar-refractivity contribution < 1.29 is 17.9 Å². The lowest BCUT2D eigenvalue weighted by atomic mass is 9.96. The number of ether oxygens (including phenoxy) is 1. The van der Waals surface area contributed by atoms with Gasteiger partial charge in [-0.3, -0.25) is 4.72 Å². The quantitative estimate of drug-likeness (QED) is 0.691. The number of likely N-dealkylation sites (tertiary alicyclic amines) is 1. The van der Waals surface area contributed by atoms with Crippen molar-refractivity contribution >= 4 is 27.4 Å². The van der Waals surface area contributed by atoms with Gasteiger partial charge in [0.1, 0.15) is 5.75 Å². The van der Waals surface area contributed by atoms with Gasteiger partial charge in [0.05, 0.1) is 18.6 Å². The number of amides is 2. The number of sulfonamides is 1. The minimum absolute atomic E-state index is 0.0353. The minimum Gasteiger partial charge on any atom is -0.494 e. The number of carbonyl (C=O) groups is 1. The van der Waals surface area contributed by atoms with Gasteiger partial charge in [-0.15, -0.1) is 0 Å². The van der Waals surface area contributed by atoms with Gasteiger partial charge in [0.25, 0.3) is 0 Å². The average molecular weight is 432 g/mol. The van der Waals surface area contributed by atoms with Crippen LogP contribution >= 0.6 is 0 Å².